The minimum atomic E-state index is 1.04. The molecule has 0 atom stereocenters. The van der Waals surface area contributed by atoms with Crippen molar-refractivity contribution in [1.29, 1.82) is 0 Å². The summed E-state index contributed by atoms with van der Waals surface area (Å²) >= 11 is 0. The molecule has 0 saturated heterocycles. The number of allylic oxidation sites excluding steroid dienone is 2. The van der Waals surface area contributed by atoms with Crippen molar-refractivity contribution in [1.82, 2.24) is 0 Å². The van der Waals surface area contributed by atoms with Crippen LogP contribution in [0.5, 0.6) is 0 Å². The van der Waals surface area contributed by atoms with E-state index in [9.17, 15) is 5.53 Å². The predicted octanol–water partition coefficient (Wildman–Crippen LogP) is 17.7. The molecule has 2 nitrogen and oxygen atoms in total. The van der Waals surface area contributed by atoms with Gasteiger partial charge in [0.2, 0.25) is 11.4 Å². The van der Waals surface area contributed by atoms with Crippen LogP contribution in [0.25, 0.3) is 16.9 Å². The molecule has 0 spiro atoms. The highest BCUT2D eigenvalue weighted by Gasteiger charge is 2.35. The molecule has 0 unspecified atom stereocenters. The maximum atomic E-state index is 12.3. The largest absolute Gasteiger partial charge is 0.493 e. The van der Waals surface area contributed by atoms with Gasteiger partial charge in [-0.25, -0.2) is 4.70 Å². The lowest BCUT2D eigenvalue weighted by atomic mass is 9.90. The van der Waals surface area contributed by atoms with Crippen molar-refractivity contribution in [3.63, 3.8) is 0 Å². The fourth-order valence-electron chi connectivity index (χ4n) is 8.62. The maximum absolute atomic E-state index is 12.3. The third-order valence-corrected chi connectivity index (χ3v) is 12.0. The van der Waals surface area contributed by atoms with Crippen molar-refractivity contribution in [3.05, 3.63) is 87.5 Å². The van der Waals surface area contributed by atoms with Gasteiger partial charge in [-0.15, -0.1) is 0 Å². The fraction of sp³-hybridized carbons (Fsp3) is 0.692. The van der Waals surface area contributed by atoms with Gasteiger partial charge in [0, 0.05) is 22.3 Å². The first-order chi connectivity index (χ1) is 26.6. The van der Waals surface area contributed by atoms with Gasteiger partial charge in [0.25, 0.3) is 0 Å². The van der Waals surface area contributed by atoms with Crippen LogP contribution in [0.15, 0.2) is 59.7 Å². The predicted molar refractivity (Wildman–Crippen MR) is 239 cm³/mol. The molecular formula is C52H84N2. The summed E-state index contributed by atoms with van der Waals surface area (Å²) in [5.74, 6) is 0. The fourth-order valence-corrected chi connectivity index (χ4v) is 8.62. The zero-order valence-electron chi connectivity index (χ0n) is 36.1. The molecule has 1 aliphatic rings. The summed E-state index contributed by atoms with van der Waals surface area (Å²) in [5.41, 5.74) is 22.4. The first-order valence-electron chi connectivity index (χ1n) is 23.8. The second kappa shape index (κ2) is 29.8. The van der Waals surface area contributed by atoms with Crippen LogP contribution < -0.4 is 0 Å². The zero-order chi connectivity index (χ0) is 38.5. The van der Waals surface area contributed by atoms with Crippen LogP contribution in [0.1, 0.15) is 243 Å². The van der Waals surface area contributed by atoms with E-state index in [4.69, 9.17) is 0 Å². The van der Waals surface area contributed by atoms with Crippen molar-refractivity contribution < 1.29 is 4.70 Å². The van der Waals surface area contributed by atoms with E-state index in [0.717, 1.165) is 37.1 Å². The second-order valence-corrected chi connectivity index (χ2v) is 16.9. The van der Waals surface area contributed by atoms with Gasteiger partial charge in [-0.1, -0.05) is 206 Å². The molecule has 0 radical (unpaired) electrons. The highest BCUT2D eigenvalue weighted by atomic mass is 15.2. The quantitative estimate of drug-likeness (QED) is 0.0505. The molecule has 1 heterocycles. The van der Waals surface area contributed by atoms with Crippen LogP contribution in [0.2, 0.25) is 0 Å². The van der Waals surface area contributed by atoms with E-state index in [1.807, 2.05) is 0 Å². The van der Waals surface area contributed by atoms with E-state index in [1.54, 1.807) is 4.70 Å². The highest BCUT2D eigenvalue weighted by molar-refractivity contribution is 5.82. The Hall–Kier alpha value is -2.48. The van der Waals surface area contributed by atoms with Crippen molar-refractivity contribution in [2.75, 3.05) is 0 Å². The number of aryl methyl sites for hydroxylation is 2. The smallest absolute Gasteiger partial charge is 0.211 e. The molecule has 1 aliphatic heterocycles. The van der Waals surface area contributed by atoms with Crippen LogP contribution in [0.4, 0.5) is 0 Å². The summed E-state index contributed by atoms with van der Waals surface area (Å²) in [5, 5.41) is 0. The minimum absolute atomic E-state index is 1.04. The molecule has 3 rings (SSSR count). The van der Waals surface area contributed by atoms with E-state index in [-0.39, 0.29) is 0 Å². The zero-order valence-corrected chi connectivity index (χ0v) is 36.1. The van der Waals surface area contributed by atoms with Crippen LogP contribution in [-0.4, -0.2) is 4.70 Å². The molecule has 2 aromatic rings. The lowest BCUT2D eigenvalue weighted by molar-refractivity contribution is -0.345. The highest BCUT2D eigenvalue weighted by Crippen LogP contribution is 2.45. The lowest BCUT2D eigenvalue weighted by Crippen LogP contribution is -2.03. The number of benzene rings is 2. The van der Waals surface area contributed by atoms with Gasteiger partial charge in [0.05, 0.1) is 0 Å². The van der Waals surface area contributed by atoms with E-state index in [1.165, 1.54) is 213 Å². The van der Waals surface area contributed by atoms with E-state index < -0.39 is 0 Å². The van der Waals surface area contributed by atoms with Gasteiger partial charge in [-0.3, -0.25) is 0 Å². The molecular weight excluding hydrogens is 653 g/mol. The van der Waals surface area contributed by atoms with Crippen LogP contribution in [-0.2, 0) is 12.8 Å². The molecule has 0 N–H and O–H groups in total. The molecule has 0 saturated carbocycles. The summed E-state index contributed by atoms with van der Waals surface area (Å²) in [6.45, 7) is 9.18. The Bertz CT molecular complexity index is 1350. The maximum Gasteiger partial charge on any atom is 0.211 e. The van der Waals surface area contributed by atoms with Crippen molar-refractivity contribution in [2.45, 2.75) is 233 Å². The monoisotopic (exact) mass is 737 g/mol. The molecule has 2 heteroatoms. The van der Waals surface area contributed by atoms with Gasteiger partial charge >= 0.3 is 0 Å². The van der Waals surface area contributed by atoms with Gasteiger partial charge in [0.15, 0.2) is 0 Å². The van der Waals surface area contributed by atoms with Gasteiger partial charge < -0.3 is 5.53 Å². The van der Waals surface area contributed by atoms with Gasteiger partial charge in [0.1, 0.15) is 0 Å². The van der Waals surface area contributed by atoms with Crippen LogP contribution in [0, 0.1) is 0 Å². The number of unbranched alkanes of at least 4 members (excludes halogenated alkanes) is 24. The van der Waals surface area contributed by atoms with Gasteiger partial charge in [-0.05, 0) is 86.8 Å². The minimum Gasteiger partial charge on any atom is -0.493 e. The summed E-state index contributed by atoms with van der Waals surface area (Å²) < 4.78 is 1.63. The van der Waals surface area contributed by atoms with Gasteiger partial charge in [-0.2, -0.15) is 0 Å². The Morgan fingerprint density at radius 1 is 0.352 bits per heavy atom. The third-order valence-electron chi connectivity index (χ3n) is 12.0. The number of hydrogen-bond donors (Lipinski definition) is 0. The number of hydrogen-bond acceptors (Lipinski definition) is 0. The third kappa shape index (κ3) is 17.5. The molecule has 0 bridgehead atoms. The summed E-state index contributed by atoms with van der Waals surface area (Å²) in [4.78, 5) is 0. The molecule has 54 heavy (non-hydrogen) atoms. The van der Waals surface area contributed by atoms with E-state index >= 15 is 0 Å². The standard InChI is InChI=1S/C52H84N2/c1-5-9-13-17-18-19-20-21-22-23-24-25-26-27-28-32-42-50-49(41-31-16-12-8-4)51(47-39-33-37-45(43-47)35-29-14-10-6-2)54(53)52(50)48-40-34-38-46(44-48)36-30-15-11-7-3/h33-34,37-40,43-44H,5-32,35-36,41-42H2,1-4H3. The Morgan fingerprint density at radius 2 is 0.630 bits per heavy atom. The molecule has 302 valence electrons. The lowest BCUT2D eigenvalue weighted by Gasteiger charge is -2.12. The average Bonchev–Trinajstić information content (AvgIpc) is 3.47. The summed E-state index contributed by atoms with van der Waals surface area (Å²) in [6, 6.07) is 18.3. The van der Waals surface area contributed by atoms with Crippen molar-refractivity contribution >= 4 is 11.4 Å². The van der Waals surface area contributed by atoms with Crippen LogP contribution in [0.3, 0.4) is 0 Å². The summed E-state index contributed by atoms with van der Waals surface area (Å²) in [7, 11) is 0. The second-order valence-electron chi connectivity index (χ2n) is 16.9. The normalized spacial score (nSPS) is 13.2. The van der Waals surface area contributed by atoms with Crippen molar-refractivity contribution in [2.24, 2.45) is 0 Å². The average molecular weight is 737 g/mol. The molecule has 0 fully saturated rings. The first kappa shape index (κ1) is 45.9. The Labute approximate surface area is 335 Å². The van der Waals surface area contributed by atoms with E-state index in [0.29, 0.717) is 0 Å². The first-order valence-corrected chi connectivity index (χ1v) is 23.8. The van der Waals surface area contributed by atoms with E-state index in [2.05, 4.69) is 76.2 Å². The summed E-state index contributed by atoms with van der Waals surface area (Å²) in [6.07, 6.45) is 41.8. The number of rotatable bonds is 34. The molecule has 0 amide bonds. The van der Waals surface area contributed by atoms with Crippen LogP contribution >= 0.6 is 0 Å². The molecule has 0 aliphatic carbocycles. The van der Waals surface area contributed by atoms with Crippen molar-refractivity contribution in [3.8, 4) is 0 Å². The topological polar surface area (TPSA) is 25.3 Å². The number of nitrogens with zero attached hydrogens (tertiary/aromatic N) is 2. The SMILES string of the molecule is CCCCCCCCCCCCCCCCCCC1=C(c2cccc(CCCCCC)c2)[N+](=[N-])C(c2cccc(CCCCCC)c2)=C1CCCCCC. The Balaban J connectivity index is 1.71. The Morgan fingerprint density at radius 3 is 0.963 bits per heavy atom. The Kier molecular flexibility index (Phi) is 25.3. The molecule has 0 aromatic heterocycles. The molecule has 2 aromatic carbocycles.